The lowest BCUT2D eigenvalue weighted by atomic mass is 10.1. The molecule has 3 nitrogen and oxygen atoms in total. The SMILES string of the molecule is CNCc1cccc(Cl)c1N(C)Cc1ccc(C)o1. The summed E-state index contributed by atoms with van der Waals surface area (Å²) in [5.41, 5.74) is 2.23. The highest BCUT2D eigenvalue weighted by molar-refractivity contribution is 6.33. The number of anilines is 1. The first-order chi connectivity index (χ1) is 9.11. The molecular weight excluding hydrogens is 260 g/mol. The summed E-state index contributed by atoms with van der Waals surface area (Å²) in [6, 6.07) is 9.95. The average Bonchev–Trinajstić information content (AvgIpc) is 2.75. The summed E-state index contributed by atoms with van der Waals surface area (Å²) in [5.74, 6) is 1.87. The van der Waals surface area contributed by atoms with E-state index >= 15 is 0 Å². The van der Waals surface area contributed by atoms with Gasteiger partial charge in [0.05, 0.1) is 17.3 Å². The standard InChI is InChI=1S/C15H19ClN2O/c1-11-7-8-13(19-11)10-18(3)15-12(9-17-2)5-4-6-14(15)16/h4-8,17H,9-10H2,1-3H3. The van der Waals surface area contributed by atoms with Crippen LogP contribution in [-0.2, 0) is 13.1 Å². The number of rotatable bonds is 5. The van der Waals surface area contributed by atoms with Crippen molar-refractivity contribution in [2.75, 3.05) is 19.0 Å². The molecule has 0 unspecified atom stereocenters. The zero-order valence-electron chi connectivity index (χ0n) is 11.5. The van der Waals surface area contributed by atoms with E-state index in [9.17, 15) is 0 Å². The monoisotopic (exact) mass is 278 g/mol. The van der Waals surface area contributed by atoms with E-state index in [2.05, 4.69) is 16.3 Å². The predicted molar refractivity (Wildman–Crippen MR) is 79.8 cm³/mol. The fraction of sp³-hybridized carbons (Fsp3) is 0.333. The Morgan fingerprint density at radius 1 is 1.26 bits per heavy atom. The third-order valence-electron chi connectivity index (χ3n) is 3.01. The zero-order chi connectivity index (χ0) is 13.8. The van der Waals surface area contributed by atoms with Crippen LogP contribution in [-0.4, -0.2) is 14.1 Å². The summed E-state index contributed by atoms with van der Waals surface area (Å²) >= 11 is 6.33. The van der Waals surface area contributed by atoms with Crippen molar-refractivity contribution < 1.29 is 4.42 Å². The highest BCUT2D eigenvalue weighted by Gasteiger charge is 2.13. The quantitative estimate of drug-likeness (QED) is 0.906. The second kappa shape index (κ2) is 6.13. The molecule has 1 aromatic heterocycles. The molecule has 1 heterocycles. The van der Waals surface area contributed by atoms with Gasteiger partial charge in [0.1, 0.15) is 11.5 Å². The van der Waals surface area contributed by atoms with Gasteiger partial charge in [0.25, 0.3) is 0 Å². The Bertz CT molecular complexity index is 551. The third-order valence-corrected chi connectivity index (χ3v) is 3.31. The molecule has 2 rings (SSSR count). The van der Waals surface area contributed by atoms with Crippen LogP contribution in [0, 0.1) is 6.92 Å². The molecule has 19 heavy (non-hydrogen) atoms. The first kappa shape index (κ1) is 14.0. The van der Waals surface area contributed by atoms with E-state index < -0.39 is 0 Å². The lowest BCUT2D eigenvalue weighted by molar-refractivity contribution is 0.481. The van der Waals surface area contributed by atoms with Crippen LogP contribution in [0.5, 0.6) is 0 Å². The summed E-state index contributed by atoms with van der Waals surface area (Å²) in [6.07, 6.45) is 0. The van der Waals surface area contributed by atoms with E-state index in [-0.39, 0.29) is 0 Å². The average molecular weight is 279 g/mol. The third kappa shape index (κ3) is 3.31. The number of halogens is 1. The Labute approximate surface area is 119 Å². The van der Waals surface area contributed by atoms with E-state index in [1.165, 1.54) is 5.56 Å². The van der Waals surface area contributed by atoms with Gasteiger partial charge in [-0.3, -0.25) is 0 Å². The smallest absolute Gasteiger partial charge is 0.123 e. The topological polar surface area (TPSA) is 28.4 Å². The number of hydrogen-bond donors (Lipinski definition) is 1. The Balaban J connectivity index is 2.24. The van der Waals surface area contributed by atoms with Crippen molar-refractivity contribution in [3.63, 3.8) is 0 Å². The van der Waals surface area contributed by atoms with Crippen LogP contribution in [0.4, 0.5) is 5.69 Å². The number of nitrogens with one attached hydrogen (secondary N) is 1. The second-order valence-electron chi connectivity index (χ2n) is 4.65. The molecule has 0 saturated heterocycles. The Morgan fingerprint density at radius 3 is 2.68 bits per heavy atom. The van der Waals surface area contributed by atoms with Crippen LogP contribution in [0.3, 0.4) is 0 Å². The fourth-order valence-corrected chi connectivity index (χ4v) is 2.54. The van der Waals surface area contributed by atoms with Crippen molar-refractivity contribution in [2.24, 2.45) is 0 Å². The van der Waals surface area contributed by atoms with Gasteiger partial charge in [-0.15, -0.1) is 0 Å². The van der Waals surface area contributed by atoms with E-state index in [0.29, 0.717) is 6.54 Å². The number of nitrogens with zero attached hydrogens (tertiary/aromatic N) is 1. The molecule has 0 aliphatic carbocycles. The van der Waals surface area contributed by atoms with Crippen molar-refractivity contribution in [3.8, 4) is 0 Å². The highest BCUT2D eigenvalue weighted by atomic mass is 35.5. The lowest BCUT2D eigenvalue weighted by Crippen LogP contribution is -2.19. The summed E-state index contributed by atoms with van der Waals surface area (Å²) in [4.78, 5) is 2.12. The molecule has 0 radical (unpaired) electrons. The zero-order valence-corrected chi connectivity index (χ0v) is 12.3. The molecule has 0 spiro atoms. The molecule has 0 atom stereocenters. The van der Waals surface area contributed by atoms with Crippen LogP contribution in [0.15, 0.2) is 34.7 Å². The Morgan fingerprint density at radius 2 is 2.05 bits per heavy atom. The molecule has 102 valence electrons. The largest absolute Gasteiger partial charge is 0.464 e. The van der Waals surface area contributed by atoms with E-state index in [1.807, 2.05) is 45.3 Å². The molecule has 0 saturated carbocycles. The molecule has 1 aromatic carbocycles. The second-order valence-corrected chi connectivity index (χ2v) is 5.05. The van der Waals surface area contributed by atoms with Crippen molar-refractivity contribution in [1.29, 1.82) is 0 Å². The van der Waals surface area contributed by atoms with Gasteiger partial charge < -0.3 is 14.6 Å². The maximum absolute atomic E-state index is 6.33. The van der Waals surface area contributed by atoms with Gasteiger partial charge in [0, 0.05) is 13.6 Å². The number of aryl methyl sites for hydroxylation is 1. The maximum atomic E-state index is 6.33. The number of para-hydroxylation sites is 1. The molecule has 0 amide bonds. The molecule has 1 N–H and O–H groups in total. The van der Waals surface area contributed by atoms with Gasteiger partial charge >= 0.3 is 0 Å². The molecular formula is C15H19ClN2O. The van der Waals surface area contributed by atoms with Gasteiger partial charge in [-0.05, 0) is 37.7 Å². The van der Waals surface area contributed by atoms with E-state index in [4.69, 9.17) is 16.0 Å². The van der Waals surface area contributed by atoms with Crippen molar-refractivity contribution in [3.05, 3.63) is 52.4 Å². The summed E-state index contributed by atoms with van der Waals surface area (Å²) in [6.45, 7) is 3.44. The van der Waals surface area contributed by atoms with Gasteiger partial charge in [-0.2, -0.15) is 0 Å². The van der Waals surface area contributed by atoms with Crippen LogP contribution >= 0.6 is 11.6 Å². The number of benzene rings is 1. The van der Waals surface area contributed by atoms with Crippen molar-refractivity contribution in [2.45, 2.75) is 20.0 Å². The van der Waals surface area contributed by atoms with Gasteiger partial charge in [-0.1, -0.05) is 23.7 Å². The summed E-state index contributed by atoms with van der Waals surface area (Å²) < 4.78 is 5.61. The summed E-state index contributed by atoms with van der Waals surface area (Å²) in [7, 11) is 3.96. The normalized spacial score (nSPS) is 10.7. The van der Waals surface area contributed by atoms with Crippen molar-refractivity contribution in [1.82, 2.24) is 5.32 Å². The van der Waals surface area contributed by atoms with Gasteiger partial charge in [0.2, 0.25) is 0 Å². The van der Waals surface area contributed by atoms with E-state index in [1.54, 1.807) is 0 Å². The predicted octanol–water partition coefficient (Wildman–Crippen LogP) is 3.60. The Hall–Kier alpha value is -1.45. The van der Waals surface area contributed by atoms with Gasteiger partial charge in [-0.25, -0.2) is 0 Å². The first-order valence-corrected chi connectivity index (χ1v) is 6.68. The van der Waals surface area contributed by atoms with Crippen LogP contribution < -0.4 is 10.2 Å². The Kier molecular flexibility index (Phi) is 4.51. The van der Waals surface area contributed by atoms with E-state index in [0.717, 1.165) is 28.8 Å². The molecule has 0 fully saturated rings. The molecule has 0 aliphatic heterocycles. The molecule has 0 aliphatic rings. The van der Waals surface area contributed by atoms with Crippen LogP contribution in [0.1, 0.15) is 17.1 Å². The minimum Gasteiger partial charge on any atom is -0.464 e. The van der Waals surface area contributed by atoms with Gasteiger partial charge in [0.15, 0.2) is 0 Å². The minimum atomic E-state index is 0.703. The number of hydrogen-bond acceptors (Lipinski definition) is 3. The molecule has 2 aromatic rings. The number of furan rings is 1. The highest BCUT2D eigenvalue weighted by Crippen LogP contribution is 2.30. The lowest BCUT2D eigenvalue weighted by Gasteiger charge is -2.23. The fourth-order valence-electron chi connectivity index (χ4n) is 2.20. The minimum absolute atomic E-state index is 0.703. The summed E-state index contributed by atoms with van der Waals surface area (Å²) in [5, 5.41) is 3.93. The first-order valence-electron chi connectivity index (χ1n) is 6.30. The van der Waals surface area contributed by atoms with Crippen LogP contribution in [0.25, 0.3) is 0 Å². The molecule has 4 heteroatoms. The maximum Gasteiger partial charge on any atom is 0.123 e. The van der Waals surface area contributed by atoms with Crippen molar-refractivity contribution >= 4 is 17.3 Å². The van der Waals surface area contributed by atoms with Crippen LogP contribution in [0.2, 0.25) is 5.02 Å². The molecule has 0 bridgehead atoms.